The number of amides is 2. The summed E-state index contributed by atoms with van der Waals surface area (Å²) in [7, 11) is 0. The van der Waals surface area contributed by atoms with E-state index in [1.54, 1.807) is 29.3 Å². The summed E-state index contributed by atoms with van der Waals surface area (Å²) in [6.07, 6.45) is 2.99. The van der Waals surface area contributed by atoms with Crippen molar-refractivity contribution in [3.05, 3.63) is 58.7 Å². The Morgan fingerprint density at radius 2 is 1.94 bits per heavy atom. The number of nitrogens with zero attached hydrogens (tertiary/aromatic N) is 4. The van der Waals surface area contributed by atoms with Crippen molar-refractivity contribution >= 4 is 29.2 Å². The van der Waals surface area contributed by atoms with Crippen LogP contribution in [-0.4, -0.2) is 47.9 Å². The van der Waals surface area contributed by atoms with Crippen molar-refractivity contribution in [2.24, 2.45) is 5.92 Å². The monoisotopic (exact) mass is 439 g/mol. The van der Waals surface area contributed by atoms with Gasteiger partial charge in [-0.1, -0.05) is 23.7 Å². The van der Waals surface area contributed by atoms with E-state index in [1.807, 2.05) is 25.1 Å². The molecule has 1 fully saturated rings. The number of hydrogen-bond donors (Lipinski definition) is 1. The van der Waals surface area contributed by atoms with Gasteiger partial charge in [0, 0.05) is 43.3 Å². The highest BCUT2D eigenvalue weighted by Crippen LogP contribution is 2.23. The molecule has 3 rings (SSSR count). The molecular weight excluding hydrogens is 414 g/mol. The number of carbonyl (C=O) groups is 2. The first-order chi connectivity index (χ1) is 15.0. The Bertz CT molecular complexity index is 932. The zero-order chi connectivity index (χ0) is 22.2. The van der Waals surface area contributed by atoms with Crippen molar-refractivity contribution in [1.29, 1.82) is 5.26 Å². The fraction of sp³-hybridized carbons (Fsp3) is 0.391. The van der Waals surface area contributed by atoms with E-state index < -0.39 is 0 Å². The smallest absolute Gasteiger partial charge is 0.239 e. The van der Waals surface area contributed by atoms with Crippen molar-refractivity contribution in [3.63, 3.8) is 0 Å². The molecule has 0 aliphatic carbocycles. The molecule has 2 amide bonds. The summed E-state index contributed by atoms with van der Waals surface area (Å²) in [5, 5.41) is 12.4. The van der Waals surface area contributed by atoms with Crippen LogP contribution in [0.1, 0.15) is 30.9 Å². The van der Waals surface area contributed by atoms with Crippen molar-refractivity contribution in [2.45, 2.75) is 26.3 Å². The van der Waals surface area contributed by atoms with Crippen LogP contribution < -0.4 is 10.2 Å². The minimum absolute atomic E-state index is 0.0246. The van der Waals surface area contributed by atoms with Crippen molar-refractivity contribution in [1.82, 2.24) is 15.2 Å². The molecule has 31 heavy (non-hydrogen) atoms. The fourth-order valence-electron chi connectivity index (χ4n) is 3.63. The summed E-state index contributed by atoms with van der Waals surface area (Å²) in [5.74, 6) is 0.568. The molecule has 2 aromatic rings. The number of benzene rings is 1. The largest absolute Gasteiger partial charge is 0.357 e. The minimum Gasteiger partial charge on any atom is -0.357 e. The molecule has 162 valence electrons. The zero-order valence-electron chi connectivity index (χ0n) is 17.6. The predicted octanol–water partition coefficient (Wildman–Crippen LogP) is 2.99. The van der Waals surface area contributed by atoms with Gasteiger partial charge in [0.05, 0.1) is 12.1 Å². The van der Waals surface area contributed by atoms with E-state index in [-0.39, 0.29) is 24.3 Å². The van der Waals surface area contributed by atoms with Crippen LogP contribution in [0.3, 0.4) is 0 Å². The SMILES string of the molecule is CCN(CC(=O)NCc1ccc(Cl)cc1)C(=O)C1CCN(c2ccc(C#N)cn2)CC1. The van der Waals surface area contributed by atoms with Crippen LogP contribution in [0.5, 0.6) is 0 Å². The maximum Gasteiger partial charge on any atom is 0.239 e. The molecule has 8 heteroatoms. The number of hydrogen-bond acceptors (Lipinski definition) is 5. The number of piperidine rings is 1. The van der Waals surface area contributed by atoms with Gasteiger partial charge in [0.25, 0.3) is 0 Å². The molecule has 0 bridgehead atoms. The second-order valence-electron chi connectivity index (χ2n) is 7.53. The minimum atomic E-state index is -0.177. The molecule has 0 unspecified atom stereocenters. The van der Waals surface area contributed by atoms with Crippen LogP contribution in [0.4, 0.5) is 5.82 Å². The van der Waals surface area contributed by atoms with E-state index in [0.29, 0.717) is 36.5 Å². The van der Waals surface area contributed by atoms with Gasteiger partial charge in [0.2, 0.25) is 11.8 Å². The lowest BCUT2D eigenvalue weighted by Gasteiger charge is -2.34. The number of carbonyl (C=O) groups excluding carboxylic acids is 2. The third kappa shape index (κ3) is 6.19. The average Bonchev–Trinajstić information content (AvgIpc) is 2.82. The van der Waals surface area contributed by atoms with Gasteiger partial charge in [-0.25, -0.2) is 4.98 Å². The number of pyridine rings is 1. The quantitative estimate of drug-likeness (QED) is 0.716. The number of likely N-dealkylation sites (N-methyl/N-ethyl adjacent to an activating group) is 1. The van der Waals surface area contributed by atoms with Gasteiger partial charge in [-0.2, -0.15) is 5.26 Å². The van der Waals surface area contributed by atoms with Crippen LogP contribution in [0.25, 0.3) is 0 Å². The van der Waals surface area contributed by atoms with Gasteiger partial charge in [0.1, 0.15) is 11.9 Å². The molecule has 7 nitrogen and oxygen atoms in total. The van der Waals surface area contributed by atoms with E-state index in [2.05, 4.69) is 21.3 Å². The maximum absolute atomic E-state index is 13.0. The van der Waals surface area contributed by atoms with E-state index in [1.165, 1.54) is 0 Å². The second kappa shape index (κ2) is 10.8. The van der Waals surface area contributed by atoms with Gasteiger partial charge in [-0.15, -0.1) is 0 Å². The Hall–Kier alpha value is -3.11. The van der Waals surface area contributed by atoms with E-state index in [9.17, 15) is 9.59 Å². The third-order valence-electron chi connectivity index (χ3n) is 5.48. The van der Waals surface area contributed by atoms with E-state index in [0.717, 1.165) is 24.5 Å². The van der Waals surface area contributed by atoms with Crippen LogP contribution in [0.2, 0.25) is 5.02 Å². The lowest BCUT2D eigenvalue weighted by Crippen LogP contribution is -2.46. The van der Waals surface area contributed by atoms with Gasteiger partial charge in [0.15, 0.2) is 0 Å². The van der Waals surface area contributed by atoms with E-state index in [4.69, 9.17) is 16.9 Å². The summed E-state index contributed by atoms with van der Waals surface area (Å²) >= 11 is 5.88. The van der Waals surface area contributed by atoms with Gasteiger partial charge >= 0.3 is 0 Å². The Morgan fingerprint density at radius 3 is 2.52 bits per heavy atom. The number of anilines is 1. The average molecular weight is 440 g/mol. The Kier molecular flexibility index (Phi) is 7.85. The maximum atomic E-state index is 13.0. The van der Waals surface area contributed by atoms with E-state index >= 15 is 0 Å². The molecule has 1 aromatic carbocycles. The first kappa shape index (κ1) is 22.6. The number of nitriles is 1. The Balaban J connectivity index is 1.48. The van der Waals surface area contributed by atoms with Crippen LogP contribution >= 0.6 is 11.6 Å². The first-order valence-corrected chi connectivity index (χ1v) is 10.8. The highest BCUT2D eigenvalue weighted by atomic mass is 35.5. The number of aromatic nitrogens is 1. The van der Waals surface area contributed by atoms with Crippen molar-refractivity contribution in [3.8, 4) is 6.07 Å². The molecular formula is C23H26ClN5O2. The number of rotatable bonds is 7. The van der Waals surface area contributed by atoms with Crippen LogP contribution in [0.15, 0.2) is 42.6 Å². The lowest BCUT2D eigenvalue weighted by atomic mass is 9.95. The molecule has 1 saturated heterocycles. The highest BCUT2D eigenvalue weighted by molar-refractivity contribution is 6.30. The molecule has 0 radical (unpaired) electrons. The summed E-state index contributed by atoms with van der Waals surface area (Å²) < 4.78 is 0. The molecule has 0 atom stereocenters. The summed E-state index contributed by atoms with van der Waals surface area (Å²) in [4.78, 5) is 33.4. The van der Waals surface area contributed by atoms with Crippen LogP contribution in [-0.2, 0) is 16.1 Å². The summed E-state index contributed by atoms with van der Waals surface area (Å²) in [6.45, 7) is 4.27. The molecule has 1 aliphatic heterocycles. The van der Waals surface area contributed by atoms with Gasteiger partial charge in [-0.3, -0.25) is 9.59 Å². The first-order valence-electron chi connectivity index (χ1n) is 10.4. The van der Waals surface area contributed by atoms with Crippen molar-refractivity contribution < 1.29 is 9.59 Å². The standard InChI is InChI=1S/C23H26ClN5O2/c1-2-28(16-22(30)27-14-17-3-6-20(24)7-4-17)23(31)19-9-11-29(12-10-19)21-8-5-18(13-25)15-26-21/h3-8,15,19H,2,9-12,14,16H2,1H3,(H,27,30). The fourth-order valence-corrected chi connectivity index (χ4v) is 3.76. The Labute approximate surface area is 187 Å². The molecule has 1 aliphatic rings. The van der Waals surface area contributed by atoms with Crippen LogP contribution in [0, 0.1) is 17.2 Å². The molecule has 1 N–H and O–H groups in total. The van der Waals surface area contributed by atoms with Gasteiger partial charge < -0.3 is 15.1 Å². The lowest BCUT2D eigenvalue weighted by molar-refractivity contribution is -0.139. The topological polar surface area (TPSA) is 89.3 Å². The molecule has 0 saturated carbocycles. The summed E-state index contributed by atoms with van der Waals surface area (Å²) in [6, 6.07) is 12.9. The summed E-state index contributed by atoms with van der Waals surface area (Å²) in [5.41, 5.74) is 1.48. The number of halogens is 1. The highest BCUT2D eigenvalue weighted by Gasteiger charge is 2.29. The normalized spacial score (nSPS) is 14.0. The third-order valence-corrected chi connectivity index (χ3v) is 5.73. The Morgan fingerprint density at radius 1 is 1.23 bits per heavy atom. The zero-order valence-corrected chi connectivity index (χ0v) is 18.3. The second-order valence-corrected chi connectivity index (χ2v) is 7.97. The predicted molar refractivity (Wildman–Crippen MR) is 119 cm³/mol. The van der Waals surface area contributed by atoms with Gasteiger partial charge in [-0.05, 0) is 49.6 Å². The molecule has 0 spiro atoms. The number of nitrogens with one attached hydrogen (secondary N) is 1. The molecule has 1 aromatic heterocycles. The molecule has 2 heterocycles. The van der Waals surface area contributed by atoms with Crippen molar-refractivity contribution in [2.75, 3.05) is 31.1 Å².